The normalized spacial score (nSPS) is 11.2. The molecule has 0 unspecified atom stereocenters. The quantitative estimate of drug-likeness (QED) is 0.262. The largest absolute Gasteiger partial charge is 0.500 e. The van der Waals surface area contributed by atoms with E-state index in [1.807, 2.05) is 0 Å². The highest BCUT2D eigenvalue weighted by molar-refractivity contribution is 6.60. The smallest absolute Gasteiger partial charge is 0.462 e. The predicted octanol–water partition coefficient (Wildman–Crippen LogP) is 1.33. The third-order valence-corrected chi connectivity index (χ3v) is 5.38. The average molecular weight is 290 g/mol. The molecule has 0 saturated carbocycles. The molecular weight excluding hydrogens is 268 g/mol. The van der Waals surface area contributed by atoms with Crippen LogP contribution in [0.4, 0.5) is 0 Å². The van der Waals surface area contributed by atoms with Crippen LogP contribution in [0.3, 0.4) is 0 Å². The number of carbonyl (C=O) groups excluding carboxylic acids is 2. The Bertz CT molecular complexity index is 316. The molecule has 0 aliphatic carbocycles. The van der Waals surface area contributed by atoms with Crippen molar-refractivity contribution in [2.24, 2.45) is 0 Å². The third-order valence-electron chi connectivity index (χ3n) is 2.54. The second kappa shape index (κ2) is 8.97. The fourth-order valence-corrected chi connectivity index (χ4v) is 3.17. The summed E-state index contributed by atoms with van der Waals surface area (Å²) >= 11 is 0. The van der Waals surface area contributed by atoms with Crippen molar-refractivity contribution in [3.8, 4) is 0 Å². The van der Waals surface area contributed by atoms with Gasteiger partial charge in [0.05, 0.1) is 6.61 Å². The molecule has 0 rings (SSSR count). The lowest BCUT2D eigenvalue weighted by Gasteiger charge is -2.24. The van der Waals surface area contributed by atoms with Gasteiger partial charge in [0, 0.05) is 39.4 Å². The number of esters is 1. The molecule has 0 spiro atoms. The van der Waals surface area contributed by atoms with E-state index in [4.69, 9.17) is 18.0 Å². The standard InChI is InChI=1S/C12H22O6Si/c1-10(9-11(2)13)12(14)18-7-6-8-19(15-3,16-4)17-5/h1,6-9H2,2-5H3. The van der Waals surface area contributed by atoms with Crippen LogP contribution in [-0.2, 0) is 27.6 Å². The fourth-order valence-electron chi connectivity index (χ4n) is 1.48. The summed E-state index contributed by atoms with van der Waals surface area (Å²) in [5.74, 6) is -0.666. The summed E-state index contributed by atoms with van der Waals surface area (Å²) in [5.41, 5.74) is 0.168. The van der Waals surface area contributed by atoms with Crippen LogP contribution in [0.2, 0.25) is 6.04 Å². The molecule has 0 saturated heterocycles. The molecule has 0 amide bonds. The summed E-state index contributed by atoms with van der Waals surface area (Å²) in [6.07, 6.45) is 0.576. The topological polar surface area (TPSA) is 71.1 Å². The summed E-state index contributed by atoms with van der Waals surface area (Å²) in [6.45, 7) is 5.12. The van der Waals surface area contributed by atoms with Crippen molar-refractivity contribution in [2.75, 3.05) is 27.9 Å². The number of ether oxygens (including phenoxy) is 1. The molecular formula is C12H22O6Si. The number of hydrogen-bond donors (Lipinski definition) is 0. The maximum absolute atomic E-state index is 11.5. The van der Waals surface area contributed by atoms with E-state index in [0.717, 1.165) is 0 Å². The molecule has 0 radical (unpaired) electrons. The summed E-state index contributed by atoms with van der Waals surface area (Å²) < 4.78 is 20.7. The third kappa shape index (κ3) is 6.62. The van der Waals surface area contributed by atoms with Crippen molar-refractivity contribution in [1.82, 2.24) is 0 Å². The van der Waals surface area contributed by atoms with E-state index >= 15 is 0 Å². The summed E-state index contributed by atoms with van der Waals surface area (Å²) in [4.78, 5) is 22.3. The maximum atomic E-state index is 11.5. The van der Waals surface area contributed by atoms with Gasteiger partial charge in [0.25, 0.3) is 0 Å². The summed E-state index contributed by atoms with van der Waals surface area (Å²) in [6, 6.07) is 0.545. The molecule has 6 nitrogen and oxygen atoms in total. The van der Waals surface area contributed by atoms with Gasteiger partial charge in [-0.05, 0) is 13.3 Å². The second-order valence-electron chi connectivity index (χ2n) is 4.02. The van der Waals surface area contributed by atoms with Crippen molar-refractivity contribution in [1.29, 1.82) is 0 Å². The molecule has 0 N–H and O–H groups in total. The molecule has 0 aliphatic heterocycles. The van der Waals surface area contributed by atoms with Crippen molar-refractivity contribution >= 4 is 20.6 Å². The van der Waals surface area contributed by atoms with E-state index in [0.29, 0.717) is 12.5 Å². The molecule has 110 valence electrons. The van der Waals surface area contributed by atoms with Crippen LogP contribution < -0.4 is 0 Å². The van der Waals surface area contributed by atoms with Gasteiger partial charge >= 0.3 is 14.8 Å². The molecule has 0 aromatic heterocycles. The van der Waals surface area contributed by atoms with Gasteiger partial charge in [-0.15, -0.1) is 0 Å². The molecule has 0 heterocycles. The Morgan fingerprint density at radius 1 is 1.11 bits per heavy atom. The fraction of sp³-hybridized carbons (Fsp3) is 0.667. The minimum absolute atomic E-state index is 0.0196. The van der Waals surface area contributed by atoms with E-state index in [1.165, 1.54) is 28.3 Å². The second-order valence-corrected chi connectivity index (χ2v) is 7.11. The Balaban J connectivity index is 4.00. The van der Waals surface area contributed by atoms with Crippen LogP contribution in [-0.4, -0.2) is 48.5 Å². The Morgan fingerprint density at radius 3 is 2.05 bits per heavy atom. The average Bonchev–Trinajstić information content (AvgIpc) is 2.38. The molecule has 0 aromatic carbocycles. The van der Waals surface area contributed by atoms with Crippen LogP contribution in [0.15, 0.2) is 12.2 Å². The first-order valence-electron chi connectivity index (χ1n) is 5.90. The predicted molar refractivity (Wildman–Crippen MR) is 71.6 cm³/mol. The molecule has 0 atom stereocenters. The Labute approximate surface area is 115 Å². The van der Waals surface area contributed by atoms with Crippen LogP contribution in [0.1, 0.15) is 19.8 Å². The number of hydrogen-bond acceptors (Lipinski definition) is 6. The van der Waals surface area contributed by atoms with Crippen LogP contribution in [0, 0.1) is 0 Å². The van der Waals surface area contributed by atoms with E-state index in [2.05, 4.69) is 6.58 Å². The zero-order valence-electron chi connectivity index (χ0n) is 12.0. The van der Waals surface area contributed by atoms with Gasteiger partial charge in [0.2, 0.25) is 0 Å². The maximum Gasteiger partial charge on any atom is 0.500 e. The van der Waals surface area contributed by atoms with Gasteiger partial charge in [0.15, 0.2) is 0 Å². The first kappa shape index (κ1) is 18.0. The monoisotopic (exact) mass is 290 g/mol. The molecule has 0 fully saturated rings. The van der Waals surface area contributed by atoms with E-state index < -0.39 is 14.8 Å². The van der Waals surface area contributed by atoms with Gasteiger partial charge in [-0.1, -0.05) is 6.58 Å². The molecule has 19 heavy (non-hydrogen) atoms. The SMILES string of the molecule is C=C(CC(C)=O)C(=O)OCCC[Si](OC)(OC)OC. The zero-order chi connectivity index (χ0) is 14.9. The van der Waals surface area contributed by atoms with Gasteiger partial charge in [0.1, 0.15) is 5.78 Å². The first-order chi connectivity index (χ1) is 8.90. The van der Waals surface area contributed by atoms with Crippen molar-refractivity contribution in [3.63, 3.8) is 0 Å². The molecule has 0 bridgehead atoms. The van der Waals surface area contributed by atoms with Crippen LogP contribution in [0.5, 0.6) is 0 Å². The highest BCUT2D eigenvalue weighted by Gasteiger charge is 2.37. The first-order valence-corrected chi connectivity index (χ1v) is 7.83. The molecule has 7 heteroatoms. The van der Waals surface area contributed by atoms with Crippen molar-refractivity contribution in [2.45, 2.75) is 25.8 Å². The Hall–Kier alpha value is -1.02. The molecule has 0 aliphatic rings. The highest BCUT2D eigenvalue weighted by atomic mass is 28.4. The van der Waals surface area contributed by atoms with Crippen LogP contribution >= 0.6 is 0 Å². The number of ketones is 1. The number of Topliss-reactive ketones (excluding diaryl/α,β-unsaturated/α-hetero) is 1. The van der Waals surface area contributed by atoms with Crippen molar-refractivity contribution < 1.29 is 27.6 Å². The van der Waals surface area contributed by atoms with Crippen LogP contribution in [0.25, 0.3) is 0 Å². The van der Waals surface area contributed by atoms with Crippen molar-refractivity contribution in [3.05, 3.63) is 12.2 Å². The van der Waals surface area contributed by atoms with Gasteiger partial charge in [-0.25, -0.2) is 4.79 Å². The lowest BCUT2D eigenvalue weighted by atomic mass is 10.2. The Kier molecular flexibility index (Phi) is 8.49. The van der Waals surface area contributed by atoms with Gasteiger partial charge in [-0.2, -0.15) is 0 Å². The summed E-state index contributed by atoms with van der Waals surface area (Å²) in [7, 11) is 1.97. The Morgan fingerprint density at radius 2 is 1.63 bits per heavy atom. The lowest BCUT2D eigenvalue weighted by Crippen LogP contribution is -2.42. The van der Waals surface area contributed by atoms with Gasteiger partial charge < -0.3 is 18.0 Å². The van der Waals surface area contributed by atoms with E-state index in [1.54, 1.807) is 0 Å². The lowest BCUT2D eigenvalue weighted by molar-refractivity contribution is -0.139. The van der Waals surface area contributed by atoms with E-state index in [9.17, 15) is 9.59 Å². The molecule has 0 aromatic rings. The summed E-state index contributed by atoms with van der Waals surface area (Å²) in [5, 5.41) is 0. The minimum atomic E-state index is -2.61. The van der Waals surface area contributed by atoms with Gasteiger partial charge in [-0.3, -0.25) is 4.79 Å². The number of rotatable bonds is 10. The highest BCUT2D eigenvalue weighted by Crippen LogP contribution is 2.15. The zero-order valence-corrected chi connectivity index (χ0v) is 13.0. The van der Waals surface area contributed by atoms with E-state index in [-0.39, 0.29) is 24.4 Å². The minimum Gasteiger partial charge on any atom is -0.462 e. The number of carbonyl (C=O) groups is 2.